The van der Waals surface area contributed by atoms with E-state index in [2.05, 4.69) is 22.9 Å². The maximum atomic E-state index is 14.2. The fourth-order valence-electron chi connectivity index (χ4n) is 2.57. The van der Waals surface area contributed by atoms with Crippen molar-refractivity contribution in [1.82, 2.24) is 0 Å². The Bertz CT molecular complexity index is 658. The lowest BCUT2D eigenvalue weighted by molar-refractivity contribution is 0.290. The van der Waals surface area contributed by atoms with Gasteiger partial charge in [0, 0.05) is 10.0 Å². The van der Waals surface area contributed by atoms with Gasteiger partial charge in [0.05, 0.1) is 6.61 Å². The summed E-state index contributed by atoms with van der Waals surface area (Å²) in [5, 5.41) is 0. The summed E-state index contributed by atoms with van der Waals surface area (Å²) in [5.41, 5.74) is 0.879. The van der Waals surface area contributed by atoms with Crippen molar-refractivity contribution in [1.29, 1.82) is 0 Å². The zero-order valence-corrected chi connectivity index (χ0v) is 15.5. The molecule has 0 saturated carbocycles. The molecule has 0 aliphatic heterocycles. The van der Waals surface area contributed by atoms with E-state index in [1.165, 1.54) is 37.8 Å². The zero-order valence-electron chi connectivity index (χ0n) is 14.0. The summed E-state index contributed by atoms with van der Waals surface area (Å²) in [6, 6.07) is 9.32. The molecule has 2 aromatic carbocycles. The Hall–Kier alpha value is -1.42. The van der Waals surface area contributed by atoms with Gasteiger partial charge in [-0.05, 0) is 36.2 Å². The fraction of sp³-hybridized carbons (Fsp3) is 0.400. The standard InChI is InChI=1S/C20H23BrF2O/c1-2-3-4-5-6-7-12-24-20-11-8-15(13-19(20)23)17-10-9-16(21)14-18(17)22/h8-11,13-14H,2-7,12H2,1H3. The average molecular weight is 397 g/mol. The van der Waals surface area contributed by atoms with Crippen LogP contribution >= 0.6 is 15.9 Å². The van der Waals surface area contributed by atoms with E-state index in [-0.39, 0.29) is 11.6 Å². The van der Waals surface area contributed by atoms with Crippen molar-refractivity contribution in [3.8, 4) is 16.9 Å². The molecule has 4 heteroatoms. The molecule has 2 rings (SSSR count). The van der Waals surface area contributed by atoms with Gasteiger partial charge in [0.15, 0.2) is 11.6 Å². The van der Waals surface area contributed by atoms with Gasteiger partial charge in [-0.2, -0.15) is 0 Å². The third-order valence-corrected chi connectivity index (χ3v) is 4.42. The number of hydrogen-bond acceptors (Lipinski definition) is 1. The molecule has 0 amide bonds. The van der Waals surface area contributed by atoms with E-state index < -0.39 is 5.82 Å². The van der Waals surface area contributed by atoms with Crippen LogP contribution in [0.5, 0.6) is 5.75 Å². The van der Waals surface area contributed by atoms with E-state index in [1.807, 2.05) is 0 Å². The van der Waals surface area contributed by atoms with Crippen LogP contribution < -0.4 is 4.74 Å². The Morgan fingerprint density at radius 3 is 2.33 bits per heavy atom. The van der Waals surface area contributed by atoms with Crippen molar-refractivity contribution >= 4 is 15.9 Å². The van der Waals surface area contributed by atoms with Crippen molar-refractivity contribution in [2.24, 2.45) is 0 Å². The average Bonchev–Trinajstić information content (AvgIpc) is 2.55. The zero-order chi connectivity index (χ0) is 17.4. The van der Waals surface area contributed by atoms with Crippen LogP contribution in [-0.2, 0) is 0 Å². The van der Waals surface area contributed by atoms with Crippen LogP contribution in [0.15, 0.2) is 40.9 Å². The molecule has 0 bridgehead atoms. The normalized spacial score (nSPS) is 10.8. The second kappa shape index (κ2) is 9.77. The number of halogens is 3. The predicted molar refractivity (Wildman–Crippen MR) is 98.4 cm³/mol. The lowest BCUT2D eigenvalue weighted by atomic mass is 10.0. The van der Waals surface area contributed by atoms with Crippen molar-refractivity contribution < 1.29 is 13.5 Å². The van der Waals surface area contributed by atoms with Crippen molar-refractivity contribution in [3.05, 3.63) is 52.5 Å². The molecular weight excluding hydrogens is 374 g/mol. The molecular formula is C20H23BrF2O. The van der Waals surface area contributed by atoms with Crippen LogP contribution in [0.3, 0.4) is 0 Å². The highest BCUT2D eigenvalue weighted by molar-refractivity contribution is 9.10. The van der Waals surface area contributed by atoms with Gasteiger partial charge in [-0.25, -0.2) is 8.78 Å². The van der Waals surface area contributed by atoms with E-state index in [1.54, 1.807) is 24.3 Å². The summed E-state index contributed by atoms with van der Waals surface area (Å²) in [6.45, 7) is 2.70. The molecule has 0 radical (unpaired) electrons. The van der Waals surface area contributed by atoms with Crippen LogP contribution in [0.4, 0.5) is 8.78 Å². The lowest BCUT2D eigenvalue weighted by Crippen LogP contribution is -1.99. The Morgan fingerprint density at radius 1 is 0.875 bits per heavy atom. The molecule has 130 valence electrons. The minimum atomic E-state index is -0.458. The quantitative estimate of drug-likeness (QED) is 0.409. The van der Waals surface area contributed by atoms with Crippen molar-refractivity contribution in [2.45, 2.75) is 45.4 Å². The molecule has 0 heterocycles. The topological polar surface area (TPSA) is 9.23 Å². The summed E-state index contributed by atoms with van der Waals surface area (Å²) in [7, 11) is 0. The second-order valence-corrected chi connectivity index (χ2v) is 6.80. The molecule has 24 heavy (non-hydrogen) atoms. The van der Waals surface area contributed by atoms with E-state index in [0.29, 0.717) is 22.2 Å². The van der Waals surface area contributed by atoms with E-state index in [4.69, 9.17) is 4.74 Å². The monoisotopic (exact) mass is 396 g/mol. The molecule has 0 atom stereocenters. The highest BCUT2D eigenvalue weighted by atomic mass is 79.9. The van der Waals surface area contributed by atoms with Crippen LogP contribution in [0.2, 0.25) is 0 Å². The maximum absolute atomic E-state index is 14.2. The van der Waals surface area contributed by atoms with Crippen molar-refractivity contribution in [2.75, 3.05) is 6.61 Å². The molecule has 0 aliphatic rings. The number of rotatable bonds is 9. The first kappa shape index (κ1) is 18.9. The second-order valence-electron chi connectivity index (χ2n) is 5.89. The third-order valence-electron chi connectivity index (χ3n) is 3.93. The molecule has 0 saturated heterocycles. The summed E-state index contributed by atoms with van der Waals surface area (Å²) < 4.78 is 34.3. The molecule has 0 unspecified atom stereocenters. The Morgan fingerprint density at radius 2 is 1.62 bits per heavy atom. The fourth-order valence-corrected chi connectivity index (χ4v) is 2.91. The summed E-state index contributed by atoms with van der Waals surface area (Å²) >= 11 is 3.22. The molecule has 2 aromatic rings. The predicted octanol–water partition coefficient (Wildman–Crippen LogP) is 7.13. The summed E-state index contributed by atoms with van der Waals surface area (Å²) in [5.74, 6) is -0.616. The van der Waals surface area contributed by atoms with Gasteiger partial charge in [0.1, 0.15) is 5.82 Å². The van der Waals surface area contributed by atoms with Gasteiger partial charge < -0.3 is 4.74 Å². The van der Waals surface area contributed by atoms with E-state index >= 15 is 0 Å². The van der Waals surface area contributed by atoms with Gasteiger partial charge >= 0.3 is 0 Å². The third kappa shape index (κ3) is 5.59. The minimum absolute atomic E-state index is 0.227. The lowest BCUT2D eigenvalue weighted by Gasteiger charge is -2.10. The first-order valence-electron chi connectivity index (χ1n) is 8.49. The first-order chi connectivity index (χ1) is 11.6. The van der Waals surface area contributed by atoms with Gasteiger partial charge in [0.25, 0.3) is 0 Å². The smallest absolute Gasteiger partial charge is 0.165 e. The molecule has 0 aromatic heterocycles. The first-order valence-corrected chi connectivity index (χ1v) is 9.29. The van der Waals surface area contributed by atoms with Crippen LogP contribution in [0.25, 0.3) is 11.1 Å². The molecule has 0 fully saturated rings. The molecule has 0 N–H and O–H groups in total. The van der Waals surface area contributed by atoms with Crippen LogP contribution in [0, 0.1) is 11.6 Å². The highest BCUT2D eigenvalue weighted by Crippen LogP contribution is 2.29. The summed E-state index contributed by atoms with van der Waals surface area (Å²) in [6.07, 6.45) is 6.96. The number of unbranched alkanes of at least 4 members (excludes halogenated alkanes) is 5. The number of hydrogen-bond donors (Lipinski definition) is 0. The van der Waals surface area contributed by atoms with Crippen LogP contribution in [0.1, 0.15) is 45.4 Å². The largest absolute Gasteiger partial charge is 0.491 e. The SMILES string of the molecule is CCCCCCCCOc1ccc(-c2ccc(Br)cc2F)cc1F. The van der Waals surface area contributed by atoms with Crippen molar-refractivity contribution in [3.63, 3.8) is 0 Å². The van der Waals surface area contributed by atoms with Gasteiger partial charge in [-0.3, -0.25) is 0 Å². The van der Waals surface area contributed by atoms with E-state index in [0.717, 1.165) is 12.8 Å². The molecule has 0 aliphatic carbocycles. The van der Waals surface area contributed by atoms with E-state index in [9.17, 15) is 8.78 Å². The highest BCUT2D eigenvalue weighted by Gasteiger charge is 2.10. The number of benzene rings is 2. The summed E-state index contributed by atoms with van der Waals surface area (Å²) in [4.78, 5) is 0. The molecule has 1 nitrogen and oxygen atoms in total. The van der Waals surface area contributed by atoms with Gasteiger partial charge in [-0.1, -0.05) is 67.1 Å². The Balaban J connectivity index is 1.90. The maximum Gasteiger partial charge on any atom is 0.165 e. The van der Waals surface area contributed by atoms with Gasteiger partial charge in [-0.15, -0.1) is 0 Å². The molecule has 0 spiro atoms. The Kier molecular flexibility index (Phi) is 7.70. The van der Waals surface area contributed by atoms with Crippen LogP contribution in [-0.4, -0.2) is 6.61 Å². The minimum Gasteiger partial charge on any atom is -0.491 e. The van der Waals surface area contributed by atoms with Gasteiger partial charge in [0.2, 0.25) is 0 Å². The number of ether oxygens (including phenoxy) is 1. The Labute approximate surface area is 151 Å².